The molecule has 0 bridgehead atoms. The Bertz CT molecular complexity index is 1070. The third-order valence-corrected chi connectivity index (χ3v) is 7.50. The summed E-state index contributed by atoms with van der Waals surface area (Å²) in [5.74, 6) is 0. The van der Waals surface area contributed by atoms with Crippen molar-refractivity contribution in [1.82, 2.24) is 29.7 Å². The number of hydrogen-bond donors (Lipinski definition) is 1. The van der Waals surface area contributed by atoms with Crippen molar-refractivity contribution >= 4 is 21.4 Å². The van der Waals surface area contributed by atoms with E-state index in [-0.39, 0.29) is 0 Å². The monoisotopic (exact) mass is 424 g/mol. The molecule has 3 aromatic rings. The van der Waals surface area contributed by atoms with E-state index in [1.54, 1.807) is 28.4 Å². The van der Waals surface area contributed by atoms with Crippen LogP contribution < -0.4 is 4.90 Å². The number of nitriles is 1. The van der Waals surface area contributed by atoms with Crippen LogP contribution in [0.2, 0.25) is 0 Å². The highest BCUT2D eigenvalue weighted by Gasteiger charge is 2.41. The first-order chi connectivity index (χ1) is 14.5. The Morgan fingerprint density at radius 3 is 2.83 bits per heavy atom. The Balaban J connectivity index is 1.18. The first-order valence-electron chi connectivity index (χ1n) is 10.2. The normalized spacial score (nSPS) is 20.1. The van der Waals surface area contributed by atoms with Crippen LogP contribution in [0.15, 0.2) is 18.6 Å². The summed E-state index contributed by atoms with van der Waals surface area (Å²) in [7, 11) is 0. The van der Waals surface area contributed by atoms with Gasteiger partial charge in [0.15, 0.2) is 0 Å². The van der Waals surface area contributed by atoms with Crippen LogP contribution in [0.4, 0.5) is 5.13 Å². The van der Waals surface area contributed by atoms with Crippen LogP contribution in [-0.4, -0.2) is 67.5 Å². The van der Waals surface area contributed by atoms with Crippen LogP contribution in [0, 0.1) is 23.7 Å². The van der Waals surface area contributed by atoms with Crippen molar-refractivity contribution < 1.29 is 5.11 Å². The first-order valence-corrected chi connectivity index (χ1v) is 11.1. The number of aliphatic hydroxyl groups is 1. The van der Waals surface area contributed by atoms with Gasteiger partial charge >= 0.3 is 0 Å². The van der Waals surface area contributed by atoms with E-state index in [2.05, 4.69) is 36.1 Å². The predicted octanol–water partition coefficient (Wildman–Crippen LogP) is 1.79. The lowest BCUT2D eigenvalue weighted by Crippen LogP contribution is -2.43. The highest BCUT2D eigenvalue weighted by Crippen LogP contribution is 2.42. The standard InChI is InChI=1S/C20H24N8OS/c1-14-8-16(22-10-15(14)9-21)17(29)11-26-5-2-20(3-6-26)4-7-27(12-20)19-25-28-13-23-24-18(28)30-19/h8,10,13,17,29H,2-7,11-12H2,1H3/t17-/m0/s1. The van der Waals surface area contributed by atoms with Gasteiger partial charge in [0.2, 0.25) is 10.1 Å². The third-order valence-electron chi connectivity index (χ3n) is 6.53. The molecule has 0 radical (unpaired) electrons. The van der Waals surface area contributed by atoms with Gasteiger partial charge in [0.05, 0.1) is 11.3 Å². The van der Waals surface area contributed by atoms with Crippen LogP contribution in [0.5, 0.6) is 0 Å². The highest BCUT2D eigenvalue weighted by atomic mass is 32.1. The van der Waals surface area contributed by atoms with Gasteiger partial charge in [0.1, 0.15) is 18.5 Å². The zero-order valence-corrected chi connectivity index (χ0v) is 17.7. The molecule has 2 aliphatic rings. The largest absolute Gasteiger partial charge is 0.385 e. The Morgan fingerprint density at radius 2 is 2.10 bits per heavy atom. The minimum Gasteiger partial charge on any atom is -0.385 e. The van der Waals surface area contributed by atoms with E-state index in [1.807, 2.05) is 13.0 Å². The topological polar surface area (TPSA) is 106 Å². The molecular weight excluding hydrogens is 400 g/mol. The van der Waals surface area contributed by atoms with E-state index >= 15 is 0 Å². The number of likely N-dealkylation sites (tertiary alicyclic amines) is 1. The first kappa shape index (κ1) is 19.4. The van der Waals surface area contributed by atoms with Gasteiger partial charge in [-0.2, -0.15) is 9.78 Å². The van der Waals surface area contributed by atoms with Crippen LogP contribution in [0.3, 0.4) is 0 Å². The van der Waals surface area contributed by atoms with Gasteiger partial charge in [-0.15, -0.1) is 15.3 Å². The number of piperidine rings is 1. The number of aryl methyl sites for hydroxylation is 1. The summed E-state index contributed by atoms with van der Waals surface area (Å²) in [5.41, 5.74) is 2.38. The van der Waals surface area contributed by atoms with Gasteiger partial charge in [0, 0.05) is 25.8 Å². The molecule has 1 atom stereocenters. The molecule has 0 amide bonds. The number of aromatic nitrogens is 5. The molecule has 5 rings (SSSR count). The summed E-state index contributed by atoms with van der Waals surface area (Å²) >= 11 is 1.59. The molecule has 156 valence electrons. The maximum Gasteiger partial charge on any atom is 0.236 e. The number of anilines is 1. The zero-order valence-electron chi connectivity index (χ0n) is 16.9. The smallest absolute Gasteiger partial charge is 0.236 e. The van der Waals surface area contributed by atoms with Crippen LogP contribution in [-0.2, 0) is 0 Å². The Morgan fingerprint density at radius 1 is 1.30 bits per heavy atom. The van der Waals surface area contributed by atoms with E-state index in [4.69, 9.17) is 5.26 Å². The molecule has 2 saturated heterocycles. The lowest BCUT2D eigenvalue weighted by Gasteiger charge is -2.39. The van der Waals surface area contributed by atoms with Gasteiger partial charge in [-0.25, -0.2) is 0 Å². The van der Waals surface area contributed by atoms with Crippen LogP contribution in [0.1, 0.15) is 42.2 Å². The quantitative estimate of drug-likeness (QED) is 0.676. The summed E-state index contributed by atoms with van der Waals surface area (Å²) in [4.78, 5) is 9.83. The number of β-amino-alcohol motifs (C(OH)–C–C–N with tert-alkyl or cyclic N) is 1. The molecule has 30 heavy (non-hydrogen) atoms. The molecule has 3 aromatic heterocycles. The average Bonchev–Trinajstić information content (AvgIpc) is 3.45. The summed E-state index contributed by atoms with van der Waals surface area (Å²) in [5, 5.41) is 33.3. The molecule has 2 aliphatic heterocycles. The van der Waals surface area contributed by atoms with E-state index in [1.165, 1.54) is 6.42 Å². The fourth-order valence-corrected chi connectivity index (χ4v) is 5.46. The lowest BCUT2D eigenvalue weighted by molar-refractivity contribution is 0.0633. The SMILES string of the molecule is Cc1cc([C@@H](O)CN2CCC3(CC2)CCN(c2nn4cnnc4s2)C3)ncc1C#N. The molecule has 2 fully saturated rings. The van der Waals surface area contributed by atoms with Gasteiger partial charge in [0.25, 0.3) is 0 Å². The second kappa shape index (κ2) is 7.58. The van der Waals surface area contributed by atoms with Crippen LogP contribution in [0.25, 0.3) is 4.96 Å². The lowest BCUT2D eigenvalue weighted by atomic mass is 9.77. The van der Waals surface area contributed by atoms with Gasteiger partial charge in [-0.05, 0) is 56.3 Å². The van der Waals surface area contributed by atoms with Crippen molar-refractivity contribution in [3.8, 4) is 6.07 Å². The summed E-state index contributed by atoms with van der Waals surface area (Å²) in [6.07, 6.45) is 6.00. The van der Waals surface area contributed by atoms with Gasteiger partial charge in [-0.1, -0.05) is 11.3 Å². The number of hydrogen-bond acceptors (Lipinski definition) is 9. The molecule has 0 saturated carbocycles. The van der Waals surface area contributed by atoms with Gasteiger partial charge < -0.3 is 14.9 Å². The molecule has 1 spiro atoms. The molecular formula is C20H24N8OS. The van der Waals surface area contributed by atoms with Crippen LogP contribution >= 0.6 is 11.3 Å². The number of pyridine rings is 1. The molecule has 1 N–H and O–H groups in total. The maximum absolute atomic E-state index is 10.6. The number of fused-ring (bicyclic) bond motifs is 1. The Hall–Kier alpha value is -2.61. The van der Waals surface area contributed by atoms with E-state index in [9.17, 15) is 5.11 Å². The number of aliphatic hydroxyl groups excluding tert-OH is 1. The second-order valence-corrected chi connectivity index (χ2v) is 9.40. The second-order valence-electron chi connectivity index (χ2n) is 8.47. The van der Waals surface area contributed by atoms with E-state index in [0.717, 1.165) is 54.7 Å². The van der Waals surface area contributed by atoms with Gasteiger partial charge in [-0.3, -0.25) is 4.98 Å². The zero-order chi connectivity index (χ0) is 20.7. The molecule has 10 heteroatoms. The molecule has 0 aromatic carbocycles. The van der Waals surface area contributed by atoms with Crippen molar-refractivity contribution in [3.05, 3.63) is 35.4 Å². The maximum atomic E-state index is 10.6. The summed E-state index contributed by atoms with van der Waals surface area (Å²) < 4.78 is 1.74. The molecule has 9 nitrogen and oxygen atoms in total. The minimum absolute atomic E-state index is 0.330. The molecule has 5 heterocycles. The fourth-order valence-electron chi connectivity index (χ4n) is 4.61. The summed E-state index contributed by atoms with van der Waals surface area (Å²) in [6, 6.07) is 3.95. The van der Waals surface area contributed by atoms with Crippen molar-refractivity contribution in [2.45, 2.75) is 32.3 Å². The van der Waals surface area contributed by atoms with Crippen molar-refractivity contribution in [1.29, 1.82) is 5.26 Å². The summed E-state index contributed by atoms with van der Waals surface area (Å²) in [6.45, 7) is 6.47. The molecule has 0 aliphatic carbocycles. The fraction of sp³-hybridized carbons (Fsp3) is 0.550. The van der Waals surface area contributed by atoms with Crippen molar-refractivity contribution in [2.24, 2.45) is 5.41 Å². The minimum atomic E-state index is -0.634. The third kappa shape index (κ3) is 3.53. The Labute approximate surface area is 178 Å². The predicted molar refractivity (Wildman–Crippen MR) is 112 cm³/mol. The van der Waals surface area contributed by atoms with Crippen molar-refractivity contribution in [3.63, 3.8) is 0 Å². The van der Waals surface area contributed by atoms with E-state index < -0.39 is 6.10 Å². The number of rotatable bonds is 4. The highest BCUT2D eigenvalue weighted by molar-refractivity contribution is 7.20. The van der Waals surface area contributed by atoms with E-state index in [0.29, 0.717) is 23.2 Å². The Kier molecular flexibility index (Phi) is 4.89. The average molecular weight is 425 g/mol. The number of nitrogens with zero attached hydrogens (tertiary/aromatic N) is 8. The molecule has 0 unspecified atom stereocenters. The van der Waals surface area contributed by atoms with Crippen molar-refractivity contribution in [2.75, 3.05) is 37.6 Å².